The van der Waals surface area contributed by atoms with E-state index in [2.05, 4.69) is 30.1 Å². The molecule has 0 bridgehead atoms. The number of carbonyl (C=O) groups is 2. The van der Waals surface area contributed by atoms with Crippen LogP contribution in [0.5, 0.6) is 5.75 Å². The molecule has 2 amide bonds. The summed E-state index contributed by atoms with van der Waals surface area (Å²) >= 11 is 1.01. The van der Waals surface area contributed by atoms with Gasteiger partial charge >= 0.3 is 6.09 Å². The van der Waals surface area contributed by atoms with Gasteiger partial charge in [0, 0.05) is 13.0 Å². The number of azo groups is 1. The monoisotopic (exact) mass is 388 g/mol. The van der Waals surface area contributed by atoms with E-state index in [-0.39, 0.29) is 35.1 Å². The number of benzene rings is 1. The summed E-state index contributed by atoms with van der Waals surface area (Å²) in [5, 5.41) is 23.3. The van der Waals surface area contributed by atoms with Crippen LogP contribution < -0.4 is 10.6 Å². The minimum Gasteiger partial charge on any atom is -0.506 e. The maximum Gasteiger partial charge on any atom is 0.411 e. The van der Waals surface area contributed by atoms with Crippen LogP contribution in [0.25, 0.3) is 4.85 Å². The van der Waals surface area contributed by atoms with Crippen molar-refractivity contribution in [3.63, 3.8) is 0 Å². The molecular formula is C16H16N6O4S. The van der Waals surface area contributed by atoms with Gasteiger partial charge in [-0.25, -0.2) is 14.0 Å². The first-order valence-corrected chi connectivity index (χ1v) is 8.46. The molecule has 0 aliphatic carbocycles. The Bertz CT molecular complexity index is 947. The van der Waals surface area contributed by atoms with Gasteiger partial charge < -0.3 is 15.2 Å². The Kier molecular flexibility index (Phi) is 6.40. The molecule has 140 valence electrons. The third-order valence-corrected chi connectivity index (χ3v) is 3.92. The van der Waals surface area contributed by atoms with Crippen molar-refractivity contribution in [1.82, 2.24) is 4.37 Å². The number of carbonyl (C=O) groups excluding carboxylic acids is 2. The molecule has 2 aromatic rings. The van der Waals surface area contributed by atoms with E-state index in [1.165, 1.54) is 19.1 Å². The zero-order valence-electron chi connectivity index (χ0n) is 14.7. The fourth-order valence-corrected chi connectivity index (χ4v) is 2.64. The highest BCUT2D eigenvalue weighted by atomic mass is 32.1. The van der Waals surface area contributed by atoms with Crippen molar-refractivity contribution in [2.45, 2.75) is 20.8 Å². The van der Waals surface area contributed by atoms with Crippen LogP contribution in [0.2, 0.25) is 0 Å². The lowest BCUT2D eigenvalue weighted by atomic mass is 10.2. The molecule has 2 rings (SSSR count). The molecule has 1 heterocycles. The number of rotatable bonds is 5. The topological polar surface area (TPSA) is 130 Å². The first-order valence-electron chi connectivity index (χ1n) is 7.69. The third-order valence-electron chi connectivity index (χ3n) is 3.11. The fraction of sp³-hybridized carbons (Fsp3) is 0.250. The Labute approximate surface area is 158 Å². The lowest BCUT2D eigenvalue weighted by molar-refractivity contribution is -0.114. The van der Waals surface area contributed by atoms with Crippen LogP contribution >= 0.6 is 11.5 Å². The molecule has 10 nitrogen and oxygen atoms in total. The molecule has 1 aromatic carbocycles. The van der Waals surface area contributed by atoms with Gasteiger partial charge in [-0.1, -0.05) is 0 Å². The second-order valence-electron chi connectivity index (χ2n) is 5.15. The molecule has 0 saturated heterocycles. The summed E-state index contributed by atoms with van der Waals surface area (Å²) in [5.41, 5.74) is 1.18. The van der Waals surface area contributed by atoms with Gasteiger partial charge in [0.2, 0.25) is 11.6 Å². The van der Waals surface area contributed by atoms with Gasteiger partial charge in [-0.2, -0.15) is 0 Å². The minimum absolute atomic E-state index is 0.0942. The molecule has 0 fully saturated rings. The van der Waals surface area contributed by atoms with Crippen LogP contribution in [0.15, 0.2) is 22.4 Å². The average molecular weight is 388 g/mol. The Morgan fingerprint density at radius 1 is 1.33 bits per heavy atom. The van der Waals surface area contributed by atoms with Crippen LogP contribution in [0.4, 0.5) is 32.5 Å². The number of ether oxygens (including phenoxy) is 1. The molecule has 0 aliphatic heterocycles. The number of anilines is 2. The van der Waals surface area contributed by atoms with E-state index in [1.807, 2.05) is 0 Å². The first kappa shape index (κ1) is 19.8. The molecule has 1 aromatic heterocycles. The van der Waals surface area contributed by atoms with Crippen molar-refractivity contribution in [3.8, 4) is 5.75 Å². The summed E-state index contributed by atoms with van der Waals surface area (Å²) in [4.78, 5) is 26.4. The van der Waals surface area contributed by atoms with Gasteiger partial charge in [-0.05, 0) is 31.4 Å². The normalized spacial score (nSPS) is 10.4. The van der Waals surface area contributed by atoms with Gasteiger partial charge in [0.05, 0.1) is 30.2 Å². The van der Waals surface area contributed by atoms with Crippen molar-refractivity contribution >= 4 is 51.3 Å². The minimum atomic E-state index is -0.740. The Hall–Kier alpha value is -3.52. The molecule has 11 heteroatoms. The summed E-state index contributed by atoms with van der Waals surface area (Å²) < 4.78 is 8.87. The van der Waals surface area contributed by atoms with Crippen LogP contribution in [-0.4, -0.2) is 28.1 Å². The number of hydrogen-bond acceptors (Lipinski definition) is 8. The van der Waals surface area contributed by atoms with E-state index in [1.54, 1.807) is 13.8 Å². The van der Waals surface area contributed by atoms with Crippen molar-refractivity contribution in [2.24, 2.45) is 10.2 Å². The van der Waals surface area contributed by atoms with Gasteiger partial charge in [0.1, 0.15) is 11.4 Å². The number of hydrogen-bond donors (Lipinski definition) is 3. The molecule has 0 spiro atoms. The van der Waals surface area contributed by atoms with Crippen molar-refractivity contribution in [3.05, 3.63) is 29.2 Å². The third kappa shape index (κ3) is 4.99. The zero-order valence-corrected chi connectivity index (χ0v) is 15.5. The molecule has 0 atom stereocenters. The number of phenolic OH excluding ortho intramolecular Hbond substituents is 1. The quantitative estimate of drug-likeness (QED) is 0.390. The predicted molar refractivity (Wildman–Crippen MR) is 100 cm³/mol. The summed E-state index contributed by atoms with van der Waals surface area (Å²) in [6.45, 7) is 12.0. The largest absolute Gasteiger partial charge is 0.506 e. The van der Waals surface area contributed by atoms with Crippen LogP contribution in [-0.2, 0) is 9.53 Å². The van der Waals surface area contributed by atoms with E-state index in [0.29, 0.717) is 10.7 Å². The number of nitrogens with one attached hydrogen (secondary N) is 2. The van der Waals surface area contributed by atoms with Gasteiger partial charge in [0.25, 0.3) is 0 Å². The summed E-state index contributed by atoms with van der Waals surface area (Å²) in [6, 6.07) is 2.55. The number of phenols is 1. The second-order valence-corrected chi connectivity index (χ2v) is 5.90. The molecule has 0 unspecified atom stereocenters. The van der Waals surface area contributed by atoms with Crippen LogP contribution in [0.1, 0.15) is 19.5 Å². The SMILES string of the molecule is [C-]#[N+]c1c(C)nsc1N=Nc1cc(NC(C)=O)c(O)cc1NC(=O)OCC. The molecule has 0 aliphatic rings. The van der Waals surface area contributed by atoms with Crippen molar-refractivity contribution < 1.29 is 19.4 Å². The Morgan fingerprint density at radius 2 is 2.07 bits per heavy atom. The van der Waals surface area contributed by atoms with E-state index >= 15 is 0 Å². The van der Waals surface area contributed by atoms with E-state index < -0.39 is 12.0 Å². The van der Waals surface area contributed by atoms with Crippen molar-refractivity contribution in [1.29, 1.82) is 0 Å². The Balaban J connectivity index is 2.46. The summed E-state index contributed by atoms with van der Waals surface area (Å²) in [5.74, 6) is -0.668. The second kappa shape index (κ2) is 8.72. The van der Waals surface area contributed by atoms with E-state index in [9.17, 15) is 14.7 Å². The molecule has 27 heavy (non-hydrogen) atoms. The highest BCUT2D eigenvalue weighted by molar-refractivity contribution is 7.10. The molecule has 0 saturated carbocycles. The first-order chi connectivity index (χ1) is 12.8. The lowest BCUT2D eigenvalue weighted by Gasteiger charge is -2.11. The highest BCUT2D eigenvalue weighted by Gasteiger charge is 2.15. The van der Waals surface area contributed by atoms with Gasteiger partial charge in [0.15, 0.2) is 5.00 Å². The van der Waals surface area contributed by atoms with Crippen LogP contribution in [0, 0.1) is 13.5 Å². The number of aromatic nitrogens is 1. The number of aryl methyl sites for hydroxylation is 1. The summed E-state index contributed by atoms with van der Waals surface area (Å²) in [7, 11) is 0. The zero-order chi connectivity index (χ0) is 20.0. The smallest absolute Gasteiger partial charge is 0.411 e. The fourth-order valence-electron chi connectivity index (χ4n) is 1.97. The number of aromatic hydroxyl groups is 1. The molecular weight excluding hydrogens is 372 g/mol. The van der Waals surface area contributed by atoms with E-state index in [0.717, 1.165) is 11.5 Å². The number of nitrogens with zero attached hydrogens (tertiary/aromatic N) is 4. The average Bonchev–Trinajstić information content (AvgIpc) is 2.95. The number of amides is 2. The van der Waals surface area contributed by atoms with Gasteiger partial charge in [-0.3, -0.25) is 10.1 Å². The Morgan fingerprint density at radius 3 is 2.70 bits per heavy atom. The lowest BCUT2D eigenvalue weighted by Crippen LogP contribution is -2.13. The highest BCUT2D eigenvalue weighted by Crippen LogP contribution is 2.40. The molecule has 0 radical (unpaired) electrons. The molecule has 3 N–H and O–H groups in total. The van der Waals surface area contributed by atoms with Crippen LogP contribution in [0.3, 0.4) is 0 Å². The van der Waals surface area contributed by atoms with Gasteiger partial charge in [-0.15, -0.1) is 10.2 Å². The summed E-state index contributed by atoms with van der Waals surface area (Å²) in [6.07, 6.45) is -0.740. The predicted octanol–water partition coefficient (Wildman–Crippen LogP) is 4.65. The maximum atomic E-state index is 11.7. The maximum absolute atomic E-state index is 11.7. The van der Waals surface area contributed by atoms with E-state index in [4.69, 9.17) is 11.3 Å². The van der Waals surface area contributed by atoms with Crippen molar-refractivity contribution in [2.75, 3.05) is 17.2 Å². The standard InChI is InChI=1S/C16H16N6O4S/c1-5-26-16(25)19-10-7-13(24)12(18-9(3)23)6-11(10)20-21-15-14(17-4)8(2)22-27-15/h6-7,24H,5H2,1-3H3,(H,18,23)(H,19,25).